The van der Waals surface area contributed by atoms with Crippen molar-refractivity contribution in [2.24, 2.45) is 0 Å². The summed E-state index contributed by atoms with van der Waals surface area (Å²) in [6.07, 6.45) is 9.86. The zero-order chi connectivity index (χ0) is 9.10. The van der Waals surface area contributed by atoms with Crippen LogP contribution in [0.1, 0.15) is 32.6 Å². The standard InChI is InChI=1S/C11H19NS/c1-9-7-11(8-13-9)12-10-5-3-2-4-6-10/h2-3,9-12H,4-8H2,1H3. The minimum atomic E-state index is 0.765. The number of nitrogens with one attached hydrogen (secondary N) is 1. The first-order chi connectivity index (χ1) is 6.34. The molecule has 2 rings (SSSR count). The molecule has 1 fully saturated rings. The normalized spacial score (nSPS) is 39.6. The molecule has 13 heavy (non-hydrogen) atoms. The number of hydrogen-bond acceptors (Lipinski definition) is 2. The van der Waals surface area contributed by atoms with Gasteiger partial charge < -0.3 is 5.32 Å². The lowest BCUT2D eigenvalue weighted by molar-refractivity contribution is 0.416. The summed E-state index contributed by atoms with van der Waals surface area (Å²) < 4.78 is 0. The minimum absolute atomic E-state index is 0.765. The summed E-state index contributed by atoms with van der Waals surface area (Å²) >= 11 is 2.11. The van der Waals surface area contributed by atoms with E-state index < -0.39 is 0 Å². The van der Waals surface area contributed by atoms with E-state index in [2.05, 4.69) is 36.2 Å². The maximum atomic E-state index is 3.78. The molecule has 1 aliphatic heterocycles. The van der Waals surface area contributed by atoms with Gasteiger partial charge in [-0.05, 0) is 25.7 Å². The lowest BCUT2D eigenvalue weighted by atomic mass is 10.0. The molecule has 1 aliphatic carbocycles. The summed E-state index contributed by atoms with van der Waals surface area (Å²) in [4.78, 5) is 0. The van der Waals surface area contributed by atoms with Crippen LogP contribution in [-0.4, -0.2) is 23.1 Å². The highest BCUT2D eigenvalue weighted by Gasteiger charge is 2.23. The molecule has 2 heteroatoms. The molecule has 0 radical (unpaired) electrons. The van der Waals surface area contributed by atoms with Crippen LogP contribution < -0.4 is 5.32 Å². The van der Waals surface area contributed by atoms with Crippen LogP contribution in [0.5, 0.6) is 0 Å². The highest BCUT2D eigenvalue weighted by Crippen LogP contribution is 2.27. The van der Waals surface area contributed by atoms with Crippen molar-refractivity contribution in [2.75, 3.05) is 5.75 Å². The fourth-order valence-corrected chi connectivity index (χ4v) is 3.37. The molecule has 1 heterocycles. The van der Waals surface area contributed by atoms with Crippen molar-refractivity contribution in [1.29, 1.82) is 0 Å². The van der Waals surface area contributed by atoms with E-state index in [9.17, 15) is 0 Å². The van der Waals surface area contributed by atoms with Gasteiger partial charge in [-0.15, -0.1) is 0 Å². The molecule has 1 N–H and O–H groups in total. The number of thioether (sulfide) groups is 1. The second-order valence-electron chi connectivity index (χ2n) is 4.22. The molecule has 0 spiro atoms. The Hall–Kier alpha value is 0.0500. The predicted molar refractivity (Wildman–Crippen MR) is 60.2 cm³/mol. The number of hydrogen-bond donors (Lipinski definition) is 1. The second-order valence-corrected chi connectivity index (χ2v) is 5.70. The summed E-state index contributed by atoms with van der Waals surface area (Å²) in [7, 11) is 0. The van der Waals surface area contributed by atoms with Crippen molar-refractivity contribution in [1.82, 2.24) is 5.32 Å². The molecule has 0 saturated carbocycles. The van der Waals surface area contributed by atoms with E-state index in [0.717, 1.165) is 17.3 Å². The Balaban J connectivity index is 1.74. The Labute approximate surface area is 85.4 Å². The third-order valence-electron chi connectivity index (χ3n) is 2.94. The average Bonchev–Trinajstić information content (AvgIpc) is 2.53. The third-order valence-corrected chi connectivity index (χ3v) is 4.30. The molecule has 1 nitrogen and oxygen atoms in total. The van der Waals surface area contributed by atoms with Gasteiger partial charge in [0.1, 0.15) is 0 Å². The van der Waals surface area contributed by atoms with Gasteiger partial charge in [-0.2, -0.15) is 11.8 Å². The maximum absolute atomic E-state index is 3.78. The van der Waals surface area contributed by atoms with Crippen molar-refractivity contribution in [3.63, 3.8) is 0 Å². The second kappa shape index (κ2) is 4.52. The summed E-state index contributed by atoms with van der Waals surface area (Å²) in [6, 6.07) is 1.55. The molecule has 0 amide bonds. The molecule has 2 aliphatic rings. The Morgan fingerprint density at radius 2 is 2.23 bits per heavy atom. The van der Waals surface area contributed by atoms with Gasteiger partial charge in [0.15, 0.2) is 0 Å². The highest BCUT2D eigenvalue weighted by atomic mass is 32.2. The van der Waals surface area contributed by atoms with Gasteiger partial charge in [0, 0.05) is 23.1 Å². The van der Waals surface area contributed by atoms with Gasteiger partial charge in [-0.1, -0.05) is 19.1 Å². The summed E-state index contributed by atoms with van der Waals surface area (Å²) in [5.41, 5.74) is 0. The van der Waals surface area contributed by atoms with Crippen molar-refractivity contribution >= 4 is 11.8 Å². The first kappa shape index (κ1) is 9.60. The molecular formula is C11H19NS. The molecule has 0 aromatic rings. The van der Waals surface area contributed by atoms with Crippen molar-refractivity contribution < 1.29 is 0 Å². The smallest absolute Gasteiger partial charge is 0.0171 e. The number of allylic oxidation sites excluding steroid dienone is 1. The Bertz CT molecular complexity index is 191. The van der Waals surface area contributed by atoms with Crippen molar-refractivity contribution in [3.05, 3.63) is 12.2 Å². The van der Waals surface area contributed by atoms with Crippen LogP contribution >= 0.6 is 11.8 Å². The van der Waals surface area contributed by atoms with Crippen LogP contribution in [0.4, 0.5) is 0 Å². The third kappa shape index (κ3) is 2.75. The van der Waals surface area contributed by atoms with Crippen LogP contribution in [0.15, 0.2) is 12.2 Å². The Morgan fingerprint density at radius 3 is 2.85 bits per heavy atom. The monoisotopic (exact) mass is 197 g/mol. The van der Waals surface area contributed by atoms with E-state index in [1.165, 1.54) is 31.4 Å². The maximum Gasteiger partial charge on any atom is 0.0171 e. The van der Waals surface area contributed by atoms with Gasteiger partial charge in [0.25, 0.3) is 0 Å². The van der Waals surface area contributed by atoms with E-state index in [0.29, 0.717) is 0 Å². The fraction of sp³-hybridized carbons (Fsp3) is 0.818. The lowest BCUT2D eigenvalue weighted by Crippen LogP contribution is -2.38. The lowest BCUT2D eigenvalue weighted by Gasteiger charge is -2.23. The fourth-order valence-electron chi connectivity index (χ4n) is 2.21. The first-order valence-corrected chi connectivity index (χ1v) is 6.42. The highest BCUT2D eigenvalue weighted by molar-refractivity contribution is 8.00. The predicted octanol–water partition coefficient (Wildman–Crippen LogP) is 2.58. The first-order valence-electron chi connectivity index (χ1n) is 5.37. The molecule has 0 aromatic heterocycles. The largest absolute Gasteiger partial charge is 0.310 e. The van der Waals surface area contributed by atoms with E-state index in [-0.39, 0.29) is 0 Å². The van der Waals surface area contributed by atoms with E-state index >= 15 is 0 Å². The van der Waals surface area contributed by atoms with Crippen molar-refractivity contribution in [2.45, 2.75) is 49.9 Å². The van der Waals surface area contributed by atoms with Crippen molar-refractivity contribution in [3.8, 4) is 0 Å². The number of rotatable bonds is 2. The van der Waals surface area contributed by atoms with Gasteiger partial charge in [-0.3, -0.25) is 0 Å². The SMILES string of the molecule is CC1CC(NC2CC=CCC2)CS1. The topological polar surface area (TPSA) is 12.0 Å². The minimum Gasteiger partial charge on any atom is -0.310 e. The van der Waals surface area contributed by atoms with Crippen LogP contribution in [-0.2, 0) is 0 Å². The van der Waals surface area contributed by atoms with E-state index in [4.69, 9.17) is 0 Å². The molecule has 3 unspecified atom stereocenters. The van der Waals surface area contributed by atoms with Crippen LogP contribution in [0.25, 0.3) is 0 Å². The van der Waals surface area contributed by atoms with Crippen LogP contribution in [0, 0.1) is 0 Å². The molecule has 0 bridgehead atoms. The van der Waals surface area contributed by atoms with Crippen LogP contribution in [0.3, 0.4) is 0 Å². The van der Waals surface area contributed by atoms with E-state index in [1.807, 2.05) is 0 Å². The van der Waals surface area contributed by atoms with Crippen LogP contribution in [0.2, 0.25) is 0 Å². The average molecular weight is 197 g/mol. The molecular weight excluding hydrogens is 178 g/mol. The van der Waals surface area contributed by atoms with Gasteiger partial charge in [-0.25, -0.2) is 0 Å². The Kier molecular flexibility index (Phi) is 3.33. The van der Waals surface area contributed by atoms with Gasteiger partial charge in [0.2, 0.25) is 0 Å². The molecule has 1 saturated heterocycles. The zero-order valence-electron chi connectivity index (χ0n) is 8.33. The molecule has 0 aromatic carbocycles. The van der Waals surface area contributed by atoms with Gasteiger partial charge >= 0.3 is 0 Å². The summed E-state index contributed by atoms with van der Waals surface area (Å²) in [5.74, 6) is 1.32. The van der Waals surface area contributed by atoms with Gasteiger partial charge in [0.05, 0.1) is 0 Å². The zero-order valence-corrected chi connectivity index (χ0v) is 9.15. The quantitative estimate of drug-likeness (QED) is 0.683. The summed E-state index contributed by atoms with van der Waals surface area (Å²) in [5, 5.41) is 4.65. The molecule has 3 atom stereocenters. The summed E-state index contributed by atoms with van der Waals surface area (Å²) in [6.45, 7) is 2.34. The Morgan fingerprint density at radius 1 is 1.31 bits per heavy atom. The molecule has 74 valence electrons. The van der Waals surface area contributed by atoms with E-state index in [1.54, 1.807) is 0 Å².